The molecule has 1 atom stereocenters. The molecule has 0 radical (unpaired) electrons. The van der Waals surface area contributed by atoms with Crippen LogP contribution in [0.5, 0.6) is 5.75 Å². The van der Waals surface area contributed by atoms with Gasteiger partial charge in [0.2, 0.25) is 0 Å². The number of methoxy groups -OCH3 is 1. The fourth-order valence-electron chi connectivity index (χ4n) is 3.56. The van der Waals surface area contributed by atoms with Crippen molar-refractivity contribution in [3.63, 3.8) is 0 Å². The van der Waals surface area contributed by atoms with Crippen molar-refractivity contribution in [1.82, 2.24) is 4.90 Å². The lowest BCUT2D eigenvalue weighted by molar-refractivity contribution is 0.152. The Labute approximate surface area is 128 Å². The molecule has 0 aromatic heterocycles. The van der Waals surface area contributed by atoms with Crippen LogP contribution in [0.25, 0.3) is 0 Å². The van der Waals surface area contributed by atoms with E-state index in [4.69, 9.17) is 9.47 Å². The van der Waals surface area contributed by atoms with E-state index < -0.39 is 0 Å². The summed E-state index contributed by atoms with van der Waals surface area (Å²) >= 11 is 0. The molecule has 1 aromatic rings. The van der Waals surface area contributed by atoms with Crippen molar-refractivity contribution in [2.75, 3.05) is 26.8 Å². The maximum Gasteiger partial charge on any atom is 0.119 e. The van der Waals surface area contributed by atoms with Crippen molar-refractivity contribution in [1.29, 1.82) is 0 Å². The maximum atomic E-state index is 6.02. The maximum absolute atomic E-state index is 6.02. The summed E-state index contributed by atoms with van der Waals surface area (Å²) in [5.41, 5.74) is 1.38. The Morgan fingerprint density at radius 1 is 1.10 bits per heavy atom. The van der Waals surface area contributed by atoms with Crippen LogP contribution in [0.15, 0.2) is 24.3 Å². The monoisotopic (exact) mass is 289 g/mol. The highest BCUT2D eigenvalue weighted by Gasteiger charge is 2.22. The van der Waals surface area contributed by atoms with Crippen LogP contribution in [-0.2, 0) is 11.3 Å². The van der Waals surface area contributed by atoms with Gasteiger partial charge >= 0.3 is 0 Å². The van der Waals surface area contributed by atoms with Crippen molar-refractivity contribution in [2.45, 2.75) is 44.8 Å². The predicted octanol–water partition coefficient (Wildman–Crippen LogP) is 3.48. The first-order chi connectivity index (χ1) is 10.3. The normalized spacial score (nSPS) is 23.8. The van der Waals surface area contributed by atoms with Crippen molar-refractivity contribution in [3.8, 4) is 5.75 Å². The lowest BCUT2D eigenvalue weighted by Gasteiger charge is -2.17. The number of hydrogen-bond donors (Lipinski definition) is 0. The van der Waals surface area contributed by atoms with E-state index >= 15 is 0 Å². The molecule has 0 N–H and O–H groups in total. The van der Waals surface area contributed by atoms with Gasteiger partial charge in [-0.2, -0.15) is 0 Å². The van der Waals surface area contributed by atoms with Gasteiger partial charge in [0.25, 0.3) is 0 Å². The van der Waals surface area contributed by atoms with E-state index in [1.807, 2.05) is 0 Å². The first-order valence-corrected chi connectivity index (χ1v) is 8.30. The van der Waals surface area contributed by atoms with Crippen LogP contribution >= 0.6 is 0 Å². The van der Waals surface area contributed by atoms with Crippen LogP contribution in [0.2, 0.25) is 0 Å². The van der Waals surface area contributed by atoms with Crippen LogP contribution in [0.1, 0.15) is 37.7 Å². The summed E-state index contributed by atoms with van der Waals surface area (Å²) in [6.07, 6.45) is 6.79. The molecule has 21 heavy (non-hydrogen) atoms. The average Bonchev–Trinajstić information content (AvgIpc) is 3.14. The van der Waals surface area contributed by atoms with Crippen molar-refractivity contribution >= 4 is 0 Å². The number of nitrogens with zero attached hydrogens (tertiary/aromatic N) is 1. The van der Waals surface area contributed by atoms with Gasteiger partial charge in [-0.3, -0.25) is 4.90 Å². The van der Waals surface area contributed by atoms with E-state index in [0.717, 1.165) is 25.4 Å². The summed E-state index contributed by atoms with van der Waals surface area (Å²) in [6, 6.07) is 8.70. The Bertz CT molecular complexity index is 425. The minimum atomic E-state index is 0.448. The van der Waals surface area contributed by atoms with Gasteiger partial charge in [-0.15, -0.1) is 0 Å². The van der Waals surface area contributed by atoms with Gasteiger partial charge in [0.1, 0.15) is 5.75 Å². The molecule has 0 bridgehead atoms. The zero-order valence-corrected chi connectivity index (χ0v) is 13.1. The van der Waals surface area contributed by atoms with Crippen molar-refractivity contribution in [3.05, 3.63) is 29.8 Å². The van der Waals surface area contributed by atoms with Crippen LogP contribution in [0.3, 0.4) is 0 Å². The van der Waals surface area contributed by atoms with E-state index in [1.54, 1.807) is 7.11 Å². The van der Waals surface area contributed by atoms with Gasteiger partial charge < -0.3 is 9.47 Å². The molecule has 3 rings (SSSR count). The smallest absolute Gasteiger partial charge is 0.119 e. The minimum absolute atomic E-state index is 0.448. The second kappa shape index (κ2) is 7.28. The fraction of sp³-hybridized carbons (Fsp3) is 0.667. The summed E-state index contributed by atoms with van der Waals surface area (Å²) in [6.45, 7) is 4.29. The largest absolute Gasteiger partial charge is 0.490 e. The highest BCUT2D eigenvalue weighted by atomic mass is 16.5. The Kier molecular flexibility index (Phi) is 5.15. The molecule has 3 heteroatoms. The molecular formula is C18H27NO2. The molecule has 1 aromatic carbocycles. The van der Waals surface area contributed by atoms with Gasteiger partial charge in [-0.25, -0.2) is 0 Å². The third-order valence-electron chi connectivity index (χ3n) is 4.71. The van der Waals surface area contributed by atoms with E-state index in [-0.39, 0.29) is 0 Å². The van der Waals surface area contributed by atoms with Gasteiger partial charge in [0.15, 0.2) is 0 Å². The minimum Gasteiger partial charge on any atom is -0.490 e. The van der Waals surface area contributed by atoms with E-state index in [2.05, 4.69) is 29.2 Å². The lowest BCUT2D eigenvalue weighted by atomic mass is 10.1. The second-order valence-corrected chi connectivity index (χ2v) is 6.51. The topological polar surface area (TPSA) is 21.7 Å². The second-order valence-electron chi connectivity index (χ2n) is 6.51. The first-order valence-electron chi connectivity index (χ1n) is 8.30. The number of hydrogen-bond acceptors (Lipinski definition) is 3. The number of benzene rings is 1. The molecule has 1 saturated heterocycles. The van der Waals surface area contributed by atoms with E-state index in [0.29, 0.717) is 12.0 Å². The zero-order valence-electron chi connectivity index (χ0n) is 13.1. The molecule has 0 unspecified atom stereocenters. The van der Waals surface area contributed by atoms with E-state index in [9.17, 15) is 0 Å². The van der Waals surface area contributed by atoms with Gasteiger partial charge in [0.05, 0.1) is 12.7 Å². The molecule has 2 fully saturated rings. The molecule has 116 valence electrons. The predicted molar refractivity (Wildman–Crippen MR) is 84.6 cm³/mol. The molecule has 3 nitrogen and oxygen atoms in total. The Morgan fingerprint density at radius 3 is 2.57 bits per heavy atom. The van der Waals surface area contributed by atoms with Crippen molar-refractivity contribution < 1.29 is 9.47 Å². The third-order valence-corrected chi connectivity index (χ3v) is 4.71. The van der Waals surface area contributed by atoms with Gasteiger partial charge in [-0.1, -0.05) is 12.1 Å². The number of rotatable bonds is 6. The van der Waals surface area contributed by atoms with Crippen LogP contribution < -0.4 is 4.74 Å². The molecule has 2 aliphatic rings. The molecule has 0 amide bonds. The fourth-order valence-corrected chi connectivity index (χ4v) is 3.56. The molecule has 1 aliphatic carbocycles. The Morgan fingerprint density at radius 2 is 1.86 bits per heavy atom. The summed E-state index contributed by atoms with van der Waals surface area (Å²) in [5.74, 6) is 1.74. The molecule has 1 saturated carbocycles. The molecule has 0 spiro atoms. The van der Waals surface area contributed by atoms with Crippen molar-refractivity contribution in [2.24, 2.45) is 5.92 Å². The standard InChI is InChI=1S/C18H27NO2/c1-20-14-16-10-11-19(13-16)12-15-6-8-18(9-7-15)21-17-4-2-3-5-17/h6-9,16-17H,2-5,10-14H2,1H3/t16-/m1/s1. The van der Waals surface area contributed by atoms with Gasteiger partial charge in [-0.05, 0) is 62.3 Å². The van der Waals surface area contributed by atoms with Gasteiger partial charge in [0, 0.05) is 20.2 Å². The third kappa shape index (κ3) is 4.21. The highest BCUT2D eigenvalue weighted by molar-refractivity contribution is 5.27. The molecule has 1 heterocycles. The molecule has 1 aliphatic heterocycles. The van der Waals surface area contributed by atoms with Crippen LogP contribution in [0.4, 0.5) is 0 Å². The summed E-state index contributed by atoms with van der Waals surface area (Å²) in [4.78, 5) is 2.52. The van der Waals surface area contributed by atoms with Crippen LogP contribution in [-0.4, -0.2) is 37.8 Å². The summed E-state index contributed by atoms with van der Waals surface area (Å²) in [7, 11) is 1.80. The van der Waals surface area contributed by atoms with Crippen LogP contribution in [0, 0.1) is 5.92 Å². The van der Waals surface area contributed by atoms with E-state index in [1.165, 1.54) is 44.2 Å². The SMILES string of the molecule is COC[C@@H]1CCN(Cc2ccc(OC3CCCC3)cc2)C1. The average molecular weight is 289 g/mol. The Hall–Kier alpha value is -1.06. The summed E-state index contributed by atoms with van der Waals surface area (Å²) < 4.78 is 11.3. The highest BCUT2D eigenvalue weighted by Crippen LogP contribution is 2.25. The quantitative estimate of drug-likeness (QED) is 0.800. The number of ether oxygens (including phenoxy) is 2. The molecular weight excluding hydrogens is 262 g/mol. The lowest BCUT2D eigenvalue weighted by Crippen LogP contribution is -2.21. The summed E-state index contributed by atoms with van der Waals surface area (Å²) in [5, 5.41) is 0. The Balaban J connectivity index is 1.48. The number of likely N-dealkylation sites (tertiary alicyclic amines) is 1. The zero-order chi connectivity index (χ0) is 14.5. The first kappa shape index (κ1) is 14.9.